The van der Waals surface area contributed by atoms with Gasteiger partial charge in [-0.05, 0) is 88.8 Å². The molecule has 1 unspecified atom stereocenters. The lowest BCUT2D eigenvalue weighted by Crippen LogP contribution is -2.44. The second-order valence-electron chi connectivity index (χ2n) is 10.9. The molecular weight excluding hydrogens is 458 g/mol. The number of aromatic nitrogens is 2. The number of benzene rings is 1. The number of rotatable bonds is 5. The van der Waals surface area contributed by atoms with E-state index in [1.807, 2.05) is 52.8 Å². The normalized spacial score (nSPS) is 22.6. The highest BCUT2D eigenvalue weighted by Gasteiger charge is 2.31. The molecule has 2 fully saturated rings. The van der Waals surface area contributed by atoms with Gasteiger partial charge in [0.15, 0.2) is 0 Å². The molecule has 2 heterocycles. The summed E-state index contributed by atoms with van der Waals surface area (Å²) in [6.07, 6.45) is 6.17. The molecule has 1 aromatic heterocycles. The maximum absolute atomic E-state index is 12.9. The minimum atomic E-state index is -0.667. The zero-order valence-corrected chi connectivity index (χ0v) is 22.6. The van der Waals surface area contributed by atoms with E-state index in [0.717, 1.165) is 37.6 Å². The maximum Gasteiger partial charge on any atom is 0.329 e. The molecule has 1 atom stereocenters. The molecule has 1 aromatic carbocycles. The fraction of sp³-hybridized carbons (Fsp3) is 0.643. The third kappa shape index (κ3) is 6.45. The van der Waals surface area contributed by atoms with Gasteiger partial charge in [-0.25, -0.2) is 4.79 Å². The van der Waals surface area contributed by atoms with Gasteiger partial charge >= 0.3 is 11.7 Å². The molecule has 1 saturated heterocycles. The molecule has 0 radical (unpaired) electrons. The fourth-order valence-electron chi connectivity index (χ4n) is 5.36. The van der Waals surface area contributed by atoms with Crippen molar-refractivity contribution in [3.63, 3.8) is 0 Å². The number of carbonyl (C=O) groups is 3. The second-order valence-corrected chi connectivity index (χ2v) is 10.9. The summed E-state index contributed by atoms with van der Waals surface area (Å²) in [5, 5.41) is 2.34. The number of piperidine rings is 1. The Balaban J connectivity index is 0.00000157. The maximum atomic E-state index is 12.9. The van der Waals surface area contributed by atoms with E-state index in [4.69, 9.17) is 4.74 Å². The van der Waals surface area contributed by atoms with E-state index in [2.05, 4.69) is 5.32 Å². The van der Waals surface area contributed by atoms with Crippen molar-refractivity contribution in [1.29, 1.82) is 0 Å². The minimum Gasteiger partial charge on any atom is -0.460 e. The number of ether oxygens (including phenoxy) is 1. The van der Waals surface area contributed by atoms with Crippen molar-refractivity contribution in [2.45, 2.75) is 97.6 Å². The predicted molar refractivity (Wildman–Crippen MR) is 142 cm³/mol. The molecule has 0 spiro atoms. The molecule has 2 aromatic rings. The predicted octanol–water partition coefficient (Wildman–Crippen LogP) is 4.67. The van der Waals surface area contributed by atoms with Gasteiger partial charge in [-0.3, -0.25) is 28.8 Å². The SMILES string of the molecule is CC.Cn1c(=O)n(C2CCC(=O)NC2=O)c2ccc(CC3CCC(CC(=O)OC(C)(C)C)CC3)cc21.[HH]. The van der Waals surface area contributed by atoms with Gasteiger partial charge in [0.2, 0.25) is 11.8 Å². The lowest BCUT2D eigenvalue weighted by Gasteiger charge is -2.29. The Morgan fingerprint density at radius 1 is 1.03 bits per heavy atom. The number of esters is 1. The summed E-state index contributed by atoms with van der Waals surface area (Å²) in [5.41, 5.74) is 1.99. The number of carbonyl (C=O) groups excluding carboxylic acids is 3. The Labute approximate surface area is 214 Å². The fourth-order valence-corrected chi connectivity index (χ4v) is 5.36. The molecule has 200 valence electrons. The molecule has 36 heavy (non-hydrogen) atoms. The summed E-state index contributed by atoms with van der Waals surface area (Å²) in [5.74, 6) is 0.108. The number of imide groups is 1. The number of amides is 2. The van der Waals surface area contributed by atoms with Gasteiger partial charge in [0.05, 0.1) is 11.0 Å². The third-order valence-corrected chi connectivity index (χ3v) is 7.04. The Bertz CT molecular complexity index is 1170. The zero-order valence-electron chi connectivity index (χ0n) is 22.6. The second kappa shape index (κ2) is 11.4. The average Bonchev–Trinajstić information content (AvgIpc) is 3.05. The van der Waals surface area contributed by atoms with Crippen LogP contribution in [0.25, 0.3) is 11.0 Å². The number of hydrogen-bond acceptors (Lipinski definition) is 5. The number of fused-ring (bicyclic) bond motifs is 1. The van der Waals surface area contributed by atoms with Crippen molar-refractivity contribution in [3.8, 4) is 0 Å². The topological polar surface area (TPSA) is 99.4 Å². The number of nitrogens with one attached hydrogen (secondary N) is 1. The van der Waals surface area contributed by atoms with Crippen molar-refractivity contribution in [3.05, 3.63) is 34.2 Å². The van der Waals surface area contributed by atoms with Crippen LogP contribution in [0, 0.1) is 11.8 Å². The van der Waals surface area contributed by atoms with Crippen LogP contribution in [0.5, 0.6) is 0 Å². The Morgan fingerprint density at radius 2 is 1.67 bits per heavy atom. The van der Waals surface area contributed by atoms with E-state index in [9.17, 15) is 19.2 Å². The summed E-state index contributed by atoms with van der Waals surface area (Å²) in [6.45, 7) is 9.69. The van der Waals surface area contributed by atoms with Crippen LogP contribution in [0.2, 0.25) is 0 Å². The molecule has 4 rings (SSSR count). The van der Waals surface area contributed by atoms with Crippen LogP contribution >= 0.6 is 0 Å². The minimum absolute atomic E-state index is 0. The molecule has 8 nitrogen and oxygen atoms in total. The first kappa shape index (κ1) is 27.7. The van der Waals surface area contributed by atoms with E-state index < -0.39 is 17.6 Å². The van der Waals surface area contributed by atoms with Gasteiger partial charge in [0.1, 0.15) is 11.6 Å². The molecule has 1 saturated carbocycles. The summed E-state index contributed by atoms with van der Waals surface area (Å²) in [6, 6.07) is 5.34. The zero-order chi connectivity index (χ0) is 26.6. The Morgan fingerprint density at radius 3 is 2.28 bits per heavy atom. The van der Waals surface area contributed by atoms with E-state index in [1.54, 1.807) is 11.6 Å². The van der Waals surface area contributed by atoms with Gasteiger partial charge in [0.25, 0.3) is 0 Å². The van der Waals surface area contributed by atoms with Crippen molar-refractivity contribution in [1.82, 2.24) is 14.5 Å². The number of nitrogens with zero attached hydrogens (tertiary/aromatic N) is 2. The Kier molecular flexibility index (Phi) is 8.80. The average molecular weight is 502 g/mol. The van der Waals surface area contributed by atoms with Crippen LogP contribution in [-0.2, 0) is 32.6 Å². The van der Waals surface area contributed by atoms with Crippen molar-refractivity contribution >= 4 is 28.8 Å². The largest absolute Gasteiger partial charge is 0.460 e. The molecule has 2 amide bonds. The van der Waals surface area contributed by atoms with Gasteiger partial charge in [0, 0.05) is 21.3 Å². The van der Waals surface area contributed by atoms with E-state index in [0.29, 0.717) is 30.2 Å². The van der Waals surface area contributed by atoms with Gasteiger partial charge in [-0.15, -0.1) is 0 Å². The monoisotopic (exact) mass is 501 g/mol. The van der Waals surface area contributed by atoms with Gasteiger partial charge in [-0.2, -0.15) is 0 Å². The lowest BCUT2D eigenvalue weighted by atomic mass is 9.78. The highest BCUT2D eigenvalue weighted by atomic mass is 16.6. The first-order valence-corrected chi connectivity index (χ1v) is 13.3. The van der Waals surface area contributed by atoms with Crippen molar-refractivity contribution in [2.24, 2.45) is 18.9 Å². The highest BCUT2D eigenvalue weighted by Crippen LogP contribution is 2.34. The smallest absolute Gasteiger partial charge is 0.329 e. The first-order chi connectivity index (χ1) is 17.0. The lowest BCUT2D eigenvalue weighted by molar-refractivity contribution is -0.156. The summed E-state index contributed by atoms with van der Waals surface area (Å²) in [7, 11) is 1.72. The third-order valence-electron chi connectivity index (χ3n) is 7.04. The van der Waals surface area contributed by atoms with Crippen LogP contribution in [0.3, 0.4) is 0 Å². The standard InChI is InChI=1S/C26H35N3O5.C2H6.H2/c1-26(2,3)34-23(31)15-17-7-5-16(6-8-17)13-18-9-10-19-21(14-18)28(4)25(33)29(19)20-11-12-22(30)27-24(20)32;1-2;/h9-10,14,16-17,20H,5-8,11-13,15H2,1-4H3,(H,27,30,32);1-2H3;1H. The molecule has 2 aliphatic rings. The number of imidazole rings is 1. The number of hydrogen-bond donors (Lipinski definition) is 1. The van der Waals surface area contributed by atoms with Crippen LogP contribution in [-0.4, -0.2) is 32.5 Å². The molecule has 1 N–H and O–H groups in total. The molecule has 0 bridgehead atoms. The van der Waals surface area contributed by atoms with Crippen LogP contribution in [0.4, 0.5) is 0 Å². The highest BCUT2D eigenvalue weighted by molar-refractivity contribution is 6.00. The molecule has 1 aliphatic heterocycles. The van der Waals surface area contributed by atoms with Crippen molar-refractivity contribution < 1.29 is 20.5 Å². The van der Waals surface area contributed by atoms with Gasteiger partial charge in [-0.1, -0.05) is 19.9 Å². The molecule has 8 heteroatoms. The van der Waals surface area contributed by atoms with Crippen molar-refractivity contribution in [2.75, 3.05) is 0 Å². The van der Waals surface area contributed by atoms with E-state index in [-0.39, 0.29) is 25.4 Å². The molecular formula is C28H43N3O5. The van der Waals surface area contributed by atoms with Gasteiger partial charge < -0.3 is 4.74 Å². The number of aryl methyl sites for hydroxylation is 1. The quantitative estimate of drug-likeness (QED) is 0.474. The van der Waals surface area contributed by atoms with Crippen LogP contribution in [0.15, 0.2) is 23.0 Å². The summed E-state index contributed by atoms with van der Waals surface area (Å²) >= 11 is 0. The van der Waals surface area contributed by atoms with E-state index >= 15 is 0 Å². The summed E-state index contributed by atoms with van der Waals surface area (Å²) < 4.78 is 8.57. The van der Waals surface area contributed by atoms with E-state index in [1.165, 1.54) is 10.1 Å². The van der Waals surface area contributed by atoms with Crippen LogP contribution < -0.4 is 11.0 Å². The Hall–Kier alpha value is -2.90. The molecule has 1 aliphatic carbocycles. The van der Waals surface area contributed by atoms with Crippen LogP contribution in [0.1, 0.15) is 92.6 Å². The first-order valence-electron chi connectivity index (χ1n) is 13.3. The summed E-state index contributed by atoms with van der Waals surface area (Å²) in [4.78, 5) is 49.0.